The number of aryl methyl sites for hydroxylation is 1. The third-order valence-electron chi connectivity index (χ3n) is 5.49. The van der Waals surface area contributed by atoms with Gasteiger partial charge in [-0.25, -0.2) is 9.36 Å². The highest BCUT2D eigenvalue weighted by Crippen LogP contribution is 2.32. The van der Waals surface area contributed by atoms with Crippen molar-refractivity contribution in [2.75, 3.05) is 5.32 Å². The fourth-order valence-corrected chi connectivity index (χ4v) is 5.78. The first-order valence-corrected chi connectivity index (χ1v) is 13.0. The van der Waals surface area contributed by atoms with E-state index in [-0.39, 0.29) is 5.91 Å². The van der Waals surface area contributed by atoms with E-state index in [0.29, 0.717) is 15.4 Å². The molecule has 2 aromatic carbocycles. The van der Waals surface area contributed by atoms with Gasteiger partial charge in [0.25, 0.3) is 5.91 Å². The molecule has 0 bridgehead atoms. The summed E-state index contributed by atoms with van der Waals surface area (Å²) in [6.07, 6.45) is 4.27. The maximum absolute atomic E-state index is 12.9. The summed E-state index contributed by atoms with van der Waals surface area (Å²) in [5.74, 6) is 2.15. The van der Waals surface area contributed by atoms with Crippen LogP contribution in [-0.2, 0) is 12.3 Å². The van der Waals surface area contributed by atoms with E-state index in [0.717, 1.165) is 33.7 Å². The molecule has 0 unspecified atom stereocenters. The summed E-state index contributed by atoms with van der Waals surface area (Å²) < 4.78 is 5.26. The lowest BCUT2D eigenvalue weighted by Crippen LogP contribution is -2.17. The van der Waals surface area contributed by atoms with E-state index >= 15 is 0 Å². The molecule has 2 aromatic heterocycles. The second-order valence-electron chi connectivity index (χ2n) is 8.12. The van der Waals surface area contributed by atoms with Crippen LogP contribution in [0.2, 0.25) is 0 Å². The Morgan fingerprint density at radius 1 is 1.18 bits per heavy atom. The number of thioether (sulfide) groups is 1. The van der Waals surface area contributed by atoms with E-state index in [1.165, 1.54) is 29.7 Å². The van der Waals surface area contributed by atoms with Crippen LogP contribution in [-0.4, -0.2) is 25.5 Å². The number of hydrogen-bond donors (Lipinski definition) is 1. The third-order valence-corrected chi connectivity index (χ3v) is 7.93. The number of nitrogens with zero attached hydrogens (tertiary/aromatic N) is 4. The van der Waals surface area contributed by atoms with Gasteiger partial charge in [-0.3, -0.25) is 4.79 Å². The molecule has 0 aliphatic heterocycles. The summed E-state index contributed by atoms with van der Waals surface area (Å²) in [4.78, 5) is 12.9. The Bertz CT molecular complexity index is 1320. The van der Waals surface area contributed by atoms with Crippen molar-refractivity contribution in [2.24, 2.45) is 5.92 Å². The number of carbonyl (C=O) groups is 1. The van der Waals surface area contributed by atoms with Gasteiger partial charge in [0.1, 0.15) is 5.82 Å². The molecule has 1 aliphatic rings. The van der Waals surface area contributed by atoms with Crippen molar-refractivity contribution in [1.82, 2.24) is 19.6 Å². The second-order valence-corrected chi connectivity index (χ2v) is 11.0. The van der Waals surface area contributed by atoms with Crippen molar-refractivity contribution in [1.29, 1.82) is 0 Å². The number of aromatic nitrogens is 4. The maximum atomic E-state index is 12.9. The van der Waals surface area contributed by atoms with Gasteiger partial charge < -0.3 is 5.32 Å². The van der Waals surface area contributed by atoms with Crippen LogP contribution in [0.5, 0.6) is 0 Å². The number of hydrogen-bond acceptors (Lipinski definition) is 6. The van der Waals surface area contributed by atoms with Crippen molar-refractivity contribution in [3.63, 3.8) is 0 Å². The quantitative estimate of drug-likeness (QED) is 0.237. The third kappa shape index (κ3) is 5.26. The number of anilines is 1. The van der Waals surface area contributed by atoms with Gasteiger partial charge in [0.2, 0.25) is 0 Å². The van der Waals surface area contributed by atoms with Gasteiger partial charge in [-0.15, -0.1) is 5.10 Å². The smallest absolute Gasteiger partial charge is 0.256 e. The van der Waals surface area contributed by atoms with Crippen LogP contribution in [0.4, 0.5) is 5.82 Å². The first-order chi connectivity index (χ1) is 16.1. The lowest BCUT2D eigenvalue weighted by Gasteiger charge is -2.10. The summed E-state index contributed by atoms with van der Waals surface area (Å²) in [7, 11) is 0. The molecule has 0 radical (unpaired) electrons. The molecule has 0 saturated heterocycles. The fraction of sp³-hybridized carbons (Fsp3) is 0.250. The highest BCUT2D eigenvalue weighted by molar-refractivity contribution is 8.00. The summed E-state index contributed by atoms with van der Waals surface area (Å²) in [6, 6.07) is 17.7. The standard InChI is InChI=1S/C24H23N5OS3/c1-16-13-25-28(14-17-7-8-17)21(16)26-22(30)19-9-11-20(12-10-19)29-24(31)33-23(27-29)32-15-18-5-3-2-4-6-18/h2-6,9-13,17H,7-8,14-15H2,1H3,(H,26,30). The monoisotopic (exact) mass is 493 g/mol. The number of nitrogens with one attached hydrogen (secondary N) is 1. The molecule has 6 nitrogen and oxygen atoms in total. The van der Waals surface area contributed by atoms with Gasteiger partial charge in [0.15, 0.2) is 8.29 Å². The van der Waals surface area contributed by atoms with Gasteiger partial charge in [0, 0.05) is 23.4 Å². The van der Waals surface area contributed by atoms with Crippen molar-refractivity contribution in [3.05, 3.63) is 81.4 Å². The number of benzene rings is 2. The van der Waals surface area contributed by atoms with E-state index in [4.69, 9.17) is 12.2 Å². The van der Waals surface area contributed by atoms with Crippen LogP contribution in [0.15, 0.2) is 65.1 Å². The molecule has 1 N–H and O–H groups in total. The average molecular weight is 494 g/mol. The molecule has 1 fully saturated rings. The first kappa shape index (κ1) is 22.1. The summed E-state index contributed by atoms with van der Waals surface area (Å²) in [5.41, 5.74) is 3.64. The summed E-state index contributed by atoms with van der Waals surface area (Å²) in [6.45, 7) is 2.82. The second kappa shape index (κ2) is 9.62. The molecule has 2 heterocycles. The van der Waals surface area contributed by atoms with E-state index < -0.39 is 0 Å². The van der Waals surface area contributed by atoms with Crippen LogP contribution in [0.1, 0.15) is 34.3 Å². The van der Waals surface area contributed by atoms with E-state index in [1.54, 1.807) is 34.8 Å². The summed E-state index contributed by atoms with van der Waals surface area (Å²) in [5, 5.41) is 12.1. The number of carbonyl (C=O) groups excluding carboxylic acids is 1. The Kier molecular flexibility index (Phi) is 6.43. The van der Waals surface area contributed by atoms with Crippen molar-refractivity contribution >= 4 is 47.0 Å². The van der Waals surface area contributed by atoms with E-state index in [9.17, 15) is 4.79 Å². The molecule has 1 saturated carbocycles. The molecule has 1 aliphatic carbocycles. The van der Waals surface area contributed by atoms with Gasteiger partial charge in [-0.1, -0.05) is 53.4 Å². The molecular formula is C24H23N5OS3. The minimum atomic E-state index is -0.150. The largest absolute Gasteiger partial charge is 0.307 e. The molecule has 0 atom stereocenters. The van der Waals surface area contributed by atoms with Crippen molar-refractivity contribution < 1.29 is 4.79 Å². The molecule has 33 heavy (non-hydrogen) atoms. The zero-order valence-corrected chi connectivity index (χ0v) is 20.6. The Hall–Kier alpha value is -2.75. The number of amides is 1. The van der Waals surface area contributed by atoms with Crippen molar-refractivity contribution in [3.8, 4) is 5.69 Å². The van der Waals surface area contributed by atoms with Crippen LogP contribution in [0, 0.1) is 16.8 Å². The van der Waals surface area contributed by atoms with Gasteiger partial charge in [-0.05, 0) is 67.7 Å². The molecular weight excluding hydrogens is 470 g/mol. The highest BCUT2D eigenvalue weighted by atomic mass is 32.2. The average Bonchev–Trinajstić information content (AvgIpc) is 3.49. The highest BCUT2D eigenvalue weighted by Gasteiger charge is 2.24. The first-order valence-electron chi connectivity index (χ1n) is 10.8. The molecule has 9 heteroatoms. The Morgan fingerprint density at radius 2 is 1.94 bits per heavy atom. The van der Waals surface area contributed by atoms with Crippen LogP contribution in [0.25, 0.3) is 5.69 Å². The van der Waals surface area contributed by atoms with Crippen LogP contribution >= 0.6 is 35.3 Å². The van der Waals surface area contributed by atoms with E-state index in [1.807, 2.05) is 41.9 Å². The van der Waals surface area contributed by atoms with E-state index in [2.05, 4.69) is 27.6 Å². The van der Waals surface area contributed by atoms with Crippen LogP contribution < -0.4 is 5.32 Å². The Morgan fingerprint density at radius 3 is 2.67 bits per heavy atom. The minimum Gasteiger partial charge on any atom is -0.307 e. The predicted octanol–water partition coefficient (Wildman–Crippen LogP) is 6.12. The summed E-state index contributed by atoms with van der Waals surface area (Å²) >= 11 is 8.70. The zero-order valence-electron chi connectivity index (χ0n) is 18.1. The molecule has 1 amide bonds. The molecule has 5 rings (SSSR count). The Balaban J connectivity index is 1.27. The molecule has 168 valence electrons. The van der Waals surface area contributed by atoms with Gasteiger partial charge in [0.05, 0.1) is 11.9 Å². The number of rotatable bonds is 8. The SMILES string of the molecule is Cc1cnn(CC2CC2)c1NC(=O)c1ccc(-n2nc(SCc3ccccc3)sc2=S)cc1. The lowest BCUT2D eigenvalue weighted by atomic mass is 10.2. The predicted molar refractivity (Wildman–Crippen MR) is 136 cm³/mol. The van der Waals surface area contributed by atoms with Crippen molar-refractivity contribution in [2.45, 2.75) is 36.4 Å². The zero-order chi connectivity index (χ0) is 22.8. The van der Waals surface area contributed by atoms with Gasteiger partial charge >= 0.3 is 0 Å². The maximum Gasteiger partial charge on any atom is 0.256 e. The fourth-order valence-electron chi connectivity index (χ4n) is 3.46. The Labute approximate surface area is 205 Å². The van der Waals surface area contributed by atoms with Gasteiger partial charge in [-0.2, -0.15) is 5.10 Å². The molecule has 0 spiro atoms. The van der Waals surface area contributed by atoms with Crippen LogP contribution in [0.3, 0.4) is 0 Å². The molecule has 4 aromatic rings. The minimum absolute atomic E-state index is 0.150. The topological polar surface area (TPSA) is 64.7 Å². The lowest BCUT2D eigenvalue weighted by molar-refractivity contribution is 0.102. The normalized spacial score (nSPS) is 13.2.